The normalized spacial score (nSPS) is 33.8. The fraction of sp³-hybridized carbons (Fsp3) is 0.556. The van der Waals surface area contributed by atoms with Gasteiger partial charge < -0.3 is 10.2 Å². The molecule has 4 nitrogen and oxygen atoms in total. The zero-order valence-electron chi connectivity index (χ0n) is 12.7. The lowest BCUT2D eigenvalue weighted by atomic mass is 9.86. The lowest BCUT2D eigenvalue weighted by Gasteiger charge is -2.38. The average Bonchev–Trinajstić information content (AvgIpc) is 3.18. The predicted molar refractivity (Wildman–Crippen MR) is 82.8 cm³/mol. The fourth-order valence-corrected chi connectivity index (χ4v) is 4.63. The summed E-state index contributed by atoms with van der Waals surface area (Å²) in [7, 11) is 0. The van der Waals surface area contributed by atoms with Crippen LogP contribution in [0.1, 0.15) is 37.3 Å². The summed E-state index contributed by atoms with van der Waals surface area (Å²) >= 11 is 0. The van der Waals surface area contributed by atoms with Crippen LogP contribution in [0, 0.1) is 17.8 Å². The van der Waals surface area contributed by atoms with E-state index in [1.54, 1.807) is 0 Å². The smallest absolute Gasteiger partial charge is 0.247 e. The molecule has 0 aromatic heterocycles. The van der Waals surface area contributed by atoms with Gasteiger partial charge in [0.2, 0.25) is 11.8 Å². The minimum Gasteiger partial charge on any atom is -0.352 e. The van der Waals surface area contributed by atoms with Gasteiger partial charge in [-0.2, -0.15) is 0 Å². The highest BCUT2D eigenvalue weighted by Crippen LogP contribution is 2.49. The number of nitrogens with zero attached hydrogens (tertiary/aromatic N) is 1. The van der Waals surface area contributed by atoms with Crippen LogP contribution in [0.25, 0.3) is 0 Å². The molecule has 2 saturated carbocycles. The molecule has 1 aromatic carbocycles. The predicted octanol–water partition coefficient (Wildman–Crippen LogP) is 2.12. The molecule has 4 rings (SSSR count). The Morgan fingerprint density at radius 2 is 1.95 bits per heavy atom. The van der Waals surface area contributed by atoms with Crippen molar-refractivity contribution in [3.63, 3.8) is 0 Å². The monoisotopic (exact) mass is 298 g/mol. The van der Waals surface area contributed by atoms with E-state index in [0.29, 0.717) is 19.0 Å². The minimum absolute atomic E-state index is 0.0473. The number of carbonyl (C=O) groups excluding carboxylic acids is 2. The van der Waals surface area contributed by atoms with E-state index in [0.717, 1.165) is 17.9 Å². The molecule has 3 aliphatic rings. The number of fused-ring (bicyclic) bond motifs is 2. The lowest BCUT2D eigenvalue weighted by Crippen LogP contribution is -2.54. The van der Waals surface area contributed by atoms with Crippen LogP contribution in [0.15, 0.2) is 30.3 Å². The summed E-state index contributed by atoms with van der Waals surface area (Å²) in [6.07, 6.45) is 4.73. The van der Waals surface area contributed by atoms with E-state index in [-0.39, 0.29) is 17.7 Å². The van der Waals surface area contributed by atoms with Gasteiger partial charge in [-0.15, -0.1) is 0 Å². The highest BCUT2D eigenvalue weighted by Gasteiger charge is 2.46. The van der Waals surface area contributed by atoms with Crippen molar-refractivity contribution >= 4 is 11.8 Å². The molecule has 1 aromatic rings. The van der Waals surface area contributed by atoms with E-state index >= 15 is 0 Å². The SMILES string of the molecule is O=C1NCCN(C(=O)C2CC3CCC2C3)C1c1ccccc1. The number of benzene rings is 1. The molecule has 1 aliphatic heterocycles. The van der Waals surface area contributed by atoms with Crippen molar-refractivity contribution in [1.29, 1.82) is 0 Å². The molecule has 0 spiro atoms. The molecule has 1 heterocycles. The summed E-state index contributed by atoms with van der Waals surface area (Å²) in [4.78, 5) is 27.3. The Morgan fingerprint density at radius 1 is 1.14 bits per heavy atom. The first-order chi connectivity index (χ1) is 10.7. The van der Waals surface area contributed by atoms with Crippen molar-refractivity contribution in [1.82, 2.24) is 10.2 Å². The zero-order chi connectivity index (χ0) is 15.1. The van der Waals surface area contributed by atoms with Gasteiger partial charge in [0.05, 0.1) is 0 Å². The molecule has 2 amide bonds. The third-order valence-corrected chi connectivity index (χ3v) is 5.67. The zero-order valence-corrected chi connectivity index (χ0v) is 12.7. The maximum Gasteiger partial charge on any atom is 0.247 e. The molecule has 4 unspecified atom stereocenters. The van der Waals surface area contributed by atoms with E-state index in [9.17, 15) is 9.59 Å². The molecule has 1 saturated heterocycles. The number of piperazine rings is 1. The van der Waals surface area contributed by atoms with Gasteiger partial charge in [-0.25, -0.2) is 0 Å². The Balaban J connectivity index is 1.60. The van der Waals surface area contributed by atoms with E-state index in [1.807, 2.05) is 35.2 Å². The van der Waals surface area contributed by atoms with Crippen molar-refractivity contribution in [2.75, 3.05) is 13.1 Å². The van der Waals surface area contributed by atoms with Crippen LogP contribution in [-0.2, 0) is 9.59 Å². The van der Waals surface area contributed by atoms with Crippen molar-refractivity contribution in [2.45, 2.75) is 31.7 Å². The van der Waals surface area contributed by atoms with Gasteiger partial charge in [-0.3, -0.25) is 9.59 Å². The number of amides is 2. The molecule has 2 aliphatic carbocycles. The topological polar surface area (TPSA) is 49.4 Å². The van der Waals surface area contributed by atoms with Crippen LogP contribution in [-0.4, -0.2) is 29.8 Å². The molecule has 1 N–H and O–H groups in total. The summed E-state index contributed by atoms with van der Waals surface area (Å²) in [6, 6.07) is 9.22. The van der Waals surface area contributed by atoms with Crippen molar-refractivity contribution in [2.24, 2.45) is 17.8 Å². The molecule has 0 radical (unpaired) electrons. The molecule has 4 atom stereocenters. The first kappa shape index (κ1) is 13.8. The molecule has 22 heavy (non-hydrogen) atoms. The summed E-state index contributed by atoms with van der Waals surface area (Å²) in [6.45, 7) is 1.19. The van der Waals surface area contributed by atoms with Crippen LogP contribution in [0.4, 0.5) is 0 Å². The maximum absolute atomic E-state index is 13.1. The first-order valence-corrected chi connectivity index (χ1v) is 8.37. The maximum atomic E-state index is 13.1. The average molecular weight is 298 g/mol. The molecule has 116 valence electrons. The van der Waals surface area contributed by atoms with Crippen LogP contribution in [0.3, 0.4) is 0 Å². The standard InChI is InChI=1S/C18H22N2O2/c21-17-16(13-4-2-1-3-5-13)20(9-8-19-17)18(22)15-11-12-6-7-14(15)10-12/h1-5,12,14-16H,6-11H2,(H,19,21). The van der Waals surface area contributed by atoms with Gasteiger partial charge in [0.15, 0.2) is 0 Å². The van der Waals surface area contributed by atoms with Crippen LogP contribution in [0.5, 0.6) is 0 Å². The minimum atomic E-state index is -0.457. The highest BCUT2D eigenvalue weighted by molar-refractivity contribution is 5.90. The largest absolute Gasteiger partial charge is 0.352 e. The highest BCUT2D eigenvalue weighted by atomic mass is 16.2. The Hall–Kier alpha value is -1.84. The van der Waals surface area contributed by atoms with Crippen molar-refractivity contribution < 1.29 is 9.59 Å². The van der Waals surface area contributed by atoms with Crippen molar-refractivity contribution in [3.05, 3.63) is 35.9 Å². The third-order valence-electron chi connectivity index (χ3n) is 5.67. The van der Waals surface area contributed by atoms with Crippen LogP contribution >= 0.6 is 0 Å². The van der Waals surface area contributed by atoms with Gasteiger partial charge in [0.1, 0.15) is 6.04 Å². The molecule has 4 heteroatoms. The van der Waals surface area contributed by atoms with E-state index in [4.69, 9.17) is 0 Å². The van der Waals surface area contributed by atoms with Gasteiger partial charge >= 0.3 is 0 Å². The van der Waals surface area contributed by atoms with Crippen molar-refractivity contribution in [3.8, 4) is 0 Å². The number of hydrogen-bond donors (Lipinski definition) is 1. The molecule has 3 fully saturated rings. The summed E-state index contributed by atoms with van der Waals surface area (Å²) in [5.41, 5.74) is 0.913. The second-order valence-corrected chi connectivity index (χ2v) is 6.92. The Kier molecular flexibility index (Phi) is 3.40. The van der Waals surface area contributed by atoms with Gasteiger partial charge in [0, 0.05) is 19.0 Å². The molecular formula is C18H22N2O2. The van der Waals surface area contributed by atoms with Gasteiger partial charge in [-0.1, -0.05) is 36.8 Å². The number of carbonyl (C=O) groups is 2. The van der Waals surface area contributed by atoms with Gasteiger partial charge in [0.25, 0.3) is 0 Å². The van der Waals surface area contributed by atoms with Crippen LogP contribution < -0.4 is 5.32 Å². The Labute approximate surface area is 130 Å². The fourth-order valence-electron chi connectivity index (χ4n) is 4.63. The van der Waals surface area contributed by atoms with E-state index in [1.165, 1.54) is 19.3 Å². The number of nitrogens with one attached hydrogen (secondary N) is 1. The van der Waals surface area contributed by atoms with E-state index in [2.05, 4.69) is 5.32 Å². The molecule has 2 bridgehead atoms. The lowest BCUT2D eigenvalue weighted by molar-refractivity contribution is -0.147. The Morgan fingerprint density at radius 3 is 2.64 bits per heavy atom. The Bertz CT molecular complexity index is 586. The summed E-state index contributed by atoms with van der Waals surface area (Å²) in [5.74, 6) is 1.60. The summed E-state index contributed by atoms with van der Waals surface area (Å²) < 4.78 is 0. The van der Waals surface area contributed by atoms with Crippen LogP contribution in [0.2, 0.25) is 0 Å². The second-order valence-electron chi connectivity index (χ2n) is 6.92. The number of hydrogen-bond acceptors (Lipinski definition) is 2. The summed E-state index contributed by atoms with van der Waals surface area (Å²) in [5, 5.41) is 2.91. The first-order valence-electron chi connectivity index (χ1n) is 8.37. The van der Waals surface area contributed by atoms with E-state index < -0.39 is 6.04 Å². The second kappa shape index (κ2) is 5.41. The van der Waals surface area contributed by atoms with Gasteiger partial charge in [-0.05, 0) is 36.7 Å². The third kappa shape index (κ3) is 2.21. The quantitative estimate of drug-likeness (QED) is 0.909. The molecular weight excluding hydrogens is 276 g/mol. The number of rotatable bonds is 2.